The van der Waals surface area contributed by atoms with Gasteiger partial charge in [-0.05, 0) is 87.7 Å². The molecule has 1 atom stereocenters. The number of nitrogens with one attached hydrogen (secondary N) is 1. The zero-order chi connectivity index (χ0) is 24.2. The summed E-state index contributed by atoms with van der Waals surface area (Å²) < 4.78 is 6.70. The highest BCUT2D eigenvalue weighted by Crippen LogP contribution is 2.60. The number of hydrogen-bond donors (Lipinski definition) is 1. The largest absolute Gasteiger partial charge is 0.464 e. The minimum atomic E-state index is -0.512. The molecule has 8 heteroatoms. The van der Waals surface area contributed by atoms with Gasteiger partial charge in [0.25, 0.3) is 5.56 Å². The van der Waals surface area contributed by atoms with Crippen LogP contribution < -0.4 is 11.2 Å². The van der Waals surface area contributed by atoms with Crippen molar-refractivity contribution >= 4 is 22.8 Å². The Morgan fingerprint density at radius 3 is 2.43 bits per heavy atom. The first-order valence-corrected chi connectivity index (χ1v) is 13.1. The Labute approximate surface area is 203 Å². The van der Waals surface area contributed by atoms with Crippen LogP contribution in [0.25, 0.3) is 10.9 Å². The van der Waals surface area contributed by atoms with E-state index in [-0.39, 0.29) is 36.0 Å². The molecule has 4 aliphatic carbocycles. The first-order chi connectivity index (χ1) is 16.9. The summed E-state index contributed by atoms with van der Waals surface area (Å²) >= 11 is 0. The Bertz CT molecular complexity index is 1240. The zero-order valence-corrected chi connectivity index (χ0v) is 20.0. The minimum Gasteiger partial charge on any atom is -0.464 e. The second-order valence-electron chi connectivity index (χ2n) is 11.3. The van der Waals surface area contributed by atoms with Gasteiger partial charge in [-0.3, -0.25) is 14.2 Å². The number of carbonyl (C=O) groups is 2. The second-order valence-corrected chi connectivity index (χ2v) is 11.3. The maximum Gasteiger partial charge on any atom is 0.328 e. The van der Waals surface area contributed by atoms with Crippen LogP contribution in [-0.2, 0) is 20.9 Å². The van der Waals surface area contributed by atoms with Crippen molar-refractivity contribution < 1.29 is 14.3 Å². The molecule has 1 N–H and O–H groups in total. The van der Waals surface area contributed by atoms with E-state index < -0.39 is 11.7 Å². The van der Waals surface area contributed by atoms with E-state index in [2.05, 4.69) is 4.98 Å². The molecular weight excluding hydrogens is 446 g/mol. The Hall–Kier alpha value is -2.90. The SMILES string of the molecule is O=C(OCCCn1c(=O)[nH]c2ccccc2c1=O)C1CCCN1C(=O)C12CC3CC(CC(C3)C1)C2. The van der Waals surface area contributed by atoms with Gasteiger partial charge in [0.05, 0.1) is 22.9 Å². The van der Waals surface area contributed by atoms with Crippen LogP contribution in [-0.4, -0.2) is 45.5 Å². The van der Waals surface area contributed by atoms with Crippen LogP contribution in [0.1, 0.15) is 57.8 Å². The molecule has 4 saturated carbocycles. The van der Waals surface area contributed by atoms with Gasteiger partial charge in [-0.2, -0.15) is 0 Å². The smallest absolute Gasteiger partial charge is 0.328 e. The van der Waals surface area contributed by atoms with Gasteiger partial charge in [-0.1, -0.05) is 12.1 Å². The van der Waals surface area contributed by atoms with Gasteiger partial charge in [0.15, 0.2) is 0 Å². The molecule has 0 spiro atoms. The summed E-state index contributed by atoms with van der Waals surface area (Å²) in [5, 5.41) is 0.453. The van der Waals surface area contributed by atoms with E-state index in [9.17, 15) is 19.2 Å². The van der Waals surface area contributed by atoms with Crippen LogP contribution in [0.3, 0.4) is 0 Å². The maximum absolute atomic E-state index is 13.8. The highest BCUT2D eigenvalue weighted by Gasteiger charge is 2.56. The molecule has 5 fully saturated rings. The number of carbonyl (C=O) groups excluding carboxylic acids is 2. The lowest BCUT2D eigenvalue weighted by molar-refractivity contribution is -0.165. The second kappa shape index (κ2) is 8.64. The Balaban J connectivity index is 1.08. The van der Waals surface area contributed by atoms with Crippen molar-refractivity contribution in [3.63, 3.8) is 0 Å². The number of ether oxygens (including phenoxy) is 1. The number of hydrogen-bond acceptors (Lipinski definition) is 5. The summed E-state index contributed by atoms with van der Waals surface area (Å²) in [4.78, 5) is 56.2. The van der Waals surface area contributed by atoms with E-state index in [1.165, 1.54) is 19.3 Å². The van der Waals surface area contributed by atoms with Gasteiger partial charge in [0, 0.05) is 13.1 Å². The monoisotopic (exact) mass is 479 g/mol. The standard InChI is InChI=1S/C27H33N3O5/c31-23-20-5-1-2-6-21(20)28-26(34)30(23)9-4-10-35-24(32)22-7-3-8-29(22)25(33)27-14-17-11-18(15-27)13-19(12-17)16-27/h1-2,5-6,17-19,22H,3-4,7-16H2,(H,28,34). The lowest BCUT2D eigenvalue weighted by Crippen LogP contribution is -2.56. The number of esters is 1. The number of rotatable bonds is 6. The van der Waals surface area contributed by atoms with Crippen molar-refractivity contribution in [2.45, 2.75) is 70.4 Å². The number of likely N-dealkylation sites (tertiary alicyclic amines) is 1. The Morgan fingerprint density at radius 2 is 1.71 bits per heavy atom. The summed E-state index contributed by atoms with van der Waals surface area (Å²) in [6, 6.07) is 6.39. The van der Waals surface area contributed by atoms with Crippen LogP contribution in [0.2, 0.25) is 0 Å². The van der Waals surface area contributed by atoms with Crippen molar-refractivity contribution in [2.24, 2.45) is 23.2 Å². The van der Waals surface area contributed by atoms with Crippen LogP contribution >= 0.6 is 0 Å². The lowest BCUT2D eigenvalue weighted by Gasteiger charge is -2.56. The molecule has 1 aliphatic heterocycles. The molecule has 1 saturated heterocycles. The number of fused-ring (bicyclic) bond motifs is 1. The molecule has 1 aromatic carbocycles. The molecule has 2 aromatic rings. The first-order valence-electron chi connectivity index (χ1n) is 13.1. The minimum absolute atomic E-state index is 0.105. The number of H-pyrrole nitrogens is 1. The quantitative estimate of drug-likeness (QED) is 0.507. The number of nitrogens with zero attached hydrogens (tertiary/aromatic N) is 2. The molecule has 7 rings (SSSR count). The molecule has 1 unspecified atom stereocenters. The average Bonchev–Trinajstić information content (AvgIpc) is 3.32. The topological polar surface area (TPSA) is 101 Å². The molecule has 8 nitrogen and oxygen atoms in total. The highest BCUT2D eigenvalue weighted by atomic mass is 16.5. The van der Waals surface area contributed by atoms with Crippen molar-refractivity contribution in [2.75, 3.05) is 13.2 Å². The van der Waals surface area contributed by atoms with E-state index in [1.807, 2.05) is 4.90 Å². The summed E-state index contributed by atoms with van der Waals surface area (Å²) in [6.45, 7) is 0.891. The number of aromatic amines is 1. The first kappa shape index (κ1) is 22.6. The zero-order valence-electron chi connectivity index (χ0n) is 20.0. The fourth-order valence-electron chi connectivity index (χ4n) is 7.83. The molecule has 1 amide bonds. The van der Waals surface area contributed by atoms with Crippen molar-refractivity contribution in [3.8, 4) is 0 Å². The van der Waals surface area contributed by atoms with E-state index in [1.54, 1.807) is 24.3 Å². The molecule has 186 valence electrons. The van der Waals surface area contributed by atoms with E-state index in [0.29, 0.717) is 48.0 Å². The van der Waals surface area contributed by atoms with Crippen molar-refractivity contribution in [1.82, 2.24) is 14.5 Å². The lowest BCUT2D eigenvalue weighted by atomic mass is 9.49. The fourth-order valence-corrected chi connectivity index (χ4v) is 7.83. The van der Waals surface area contributed by atoms with Crippen LogP contribution in [0, 0.1) is 23.2 Å². The predicted octanol–water partition coefficient (Wildman–Crippen LogP) is 2.83. The molecule has 1 aromatic heterocycles. The fraction of sp³-hybridized carbons (Fsp3) is 0.630. The Kier molecular flexibility index (Phi) is 5.57. The van der Waals surface area contributed by atoms with Crippen LogP contribution in [0.5, 0.6) is 0 Å². The third kappa shape index (κ3) is 3.91. The summed E-state index contributed by atoms with van der Waals surface area (Å²) in [5.41, 5.74) is -0.562. The highest BCUT2D eigenvalue weighted by molar-refractivity contribution is 5.89. The average molecular weight is 480 g/mol. The van der Waals surface area contributed by atoms with Crippen molar-refractivity contribution in [1.29, 1.82) is 0 Å². The molecular formula is C27H33N3O5. The number of amides is 1. The molecule has 5 aliphatic rings. The summed E-state index contributed by atoms with van der Waals surface area (Å²) in [5.74, 6) is 1.87. The molecule has 0 radical (unpaired) electrons. The number of aromatic nitrogens is 2. The van der Waals surface area contributed by atoms with Gasteiger partial charge in [-0.15, -0.1) is 0 Å². The predicted molar refractivity (Wildman–Crippen MR) is 130 cm³/mol. The summed E-state index contributed by atoms with van der Waals surface area (Å²) in [7, 11) is 0. The normalized spacial score (nSPS) is 31.3. The molecule has 4 bridgehead atoms. The van der Waals surface area contributed by atoms with Gasteiger partial charge in [0.1, 0.15) is 6.04 Å². The molecule has 35 heavy (non-hydrogen) atoms. The maximum atomic E-state index is 13.8. The van der Waals surface area contributed by atoms with Gasteiger partial charge in [0.2, 0.25) is 5.91 Å². The summed E-state index contributed by atoms with van der Waals surface area (Å²) in [6.07, 6.45) is 8.62. The van der Waals surface area contributed by atoms with E-state index >= 15 is 0 Å². The van der Waals surface area contributed by atoms with E-state index in [4.69, 9.17) is 4.74 Å². The van der Waals surface area contributed by atoms with Gasteiger partial charge in [-0.25, -0.2) is 9.59 Å². The van der Waals surface area contributed by atoms with Gasteiger partial charge >= 0.3 is 11.7 Å². The van der Waals surface area contributed by atoms with Gasteiger partial charge < -0.3 is 14.6 Å². The Morgan fingerprint density at radius 1 is 1.03 bits per heavy atom. The number of benzene rings is 1. The van der Waals surface area contributed by atoms with E-state index in [0.717, 1.165) is 30.3 Å². The van der Waals surface area contributed by atoms with Crippen LogP contribution in [0.4, 0.5) is 0 Å². The van der Waals surface area contributed by atoms with Crippen molar-refractivity contribution in [3.05, 3.63) is 45.1 Å². The molecule has 2 heterocycles. The third-order valence-electron chi connectivity index (χ3n) is 8.94. The van der Waals surface area contributed by atoms with Crippen LogP contribution in [0.15, 0.2) is 33.9 Å². The third-order valence-corrected chi connectivity index (χ3v) is 8.94. The number of para-hydroxylation sites is 1.